The largest absolute Gasteiger partial charge is 0.393 e. The lowest BCUT2D eigenvalue weighted by molar-refractivity contribution is 0.168. The molecule has 0 spiro atoms. The van der Waals surface area contributed by atoms with Crippen molar-refractivity contribution in [2.45, 2.75) is 25.9 Å². The molecule has 62 valence electrons. The van der Waals surface area contributed by atoms with Crippen LogP contribution < -0.4 is 0 Å². The van der Waals surface area contributed by atoms with Crippen LogP contribution in [0.3, 0.4) is 0 Å². The van der Waals surface area contributed by atoms with Crippen LogP contribution >= 0.6 is 0 Å². The molecule has 0 saturated heterocycles. The topological polar surface area (TPSA) is 63.8 Å². The van der Waals surface area contributed by atoms with Crippen molar-refractivity contribution < 1.29 is 5.11 Å². The zero-order valence-electron chi connectivity index (χ0n) is 6.73. The molecule has 1 aromatic rings. The summed E-state index contributed by atoms with van der Waals surface area (Å²) in [7, 11) is 1.70. The lowest BCUT2D eigenvalue weighted by Gasteiger charge is -2.01. The van der Waals surface area contributed by atoms with Gasteiger partial charge in [-0.1, -0.05) is 6.92 Å². The molecule has 1 unspecified atom stereocenters. The highest BCUT2D eigenvalue weighted by Gasteiger charge is 2.06. The van der Waals surface area contributed by atoms with Crippen LogP contribution in [0.2, 0.25) is 0 Å². The van der Waals surface area contributed by atoms with E-state index in [-0.39, 0.29) is 6.10 Å². The first-order chi connectivity index (χ1) is 5.22. The summed E-state index contributed by atoms with van der Waals surface area (Å²) in [6.07, 6.45) is 0.863. The zero-order chi connectivity index (χ0) is 8.27. The fourth-order valence-electron chi connectivity index (χ4n) is 0.760. The van der Waals surface area contributed by atoms with Crippen molar-refractivity contribution in [1.29, 1.82) is 0 Å². The van der Waals surface area contributed by atoms with Crippen LogP contribution in [-0.2, 0) is 13.5 Å². The summed E-state index contributed by atoms with van der Waals surface area (Å²) in [5.41, 5.74) is 0. The number of aromatic nitrogens is 4. The van der Waals surface area contributed by atoms with E-state index in [9.17, 15) is 5.11 Å². The summed E-state index contributed by atoms with van der Waals surface area (Å²) in [5.74, 6) is 0.599. The lowest BCUT2D eigenvalue weighted by atomic mass is 10.2. The number of aliphatic hydroxyl groups is 1. The number of tetrazole rings is 1. The highest BCUT2D eigenvalue weighted by molar-refractivity contribution is 4.79. The van der Waals surface area contributed by atoms with E-state index >= 15 is 0 Å². The average Bonchev–Trinajstić information content (AvgIpc) is 2.35. The molecule has 5 heteroatoms. The average molecular weight is 156 g/mol. The van der Waals surface area contributed by atoms with Gasteiger partial charge >= 0.3 is 0 Å². The van der Waals surface area contributed by atoms with Crippen molar-refractivity contribution in [3.63, 3.8) is 0 Å². The second-order valence-electron chi connectivity index (χ2n) is 2.46. The van der Waals surface area contributed by atoms with Crippen LogP contribution in [0.25, 0.3) is 0 Å². The van der Waals surface area contributed by atoms with E-state index in [0.29, 0.717) is 12.2 Å². The van der Waals surface area contributed by atoms with Gasteiger partial charge in [0.05, 0.1) is 13.2 Å². The van der Waals surface area contributed by atoms with Crippen LogP contribution in [0.5, 0.6) is 0 Å². The predicted molar refractivity (Wildman–Crippen MR) is 38.8 cm³/mol. The van der Waals surface area contributed by atoms with Gasteiger partial charge in [0, 0.05) is 6.42 Å². The SMILES string of the molecule is CCC(O)Cc1nnn(C)n1. The Balaban J connectivity index is 2.50. The summed E-state index contributed by atoms with van der Waals surface area (Å²) in [6.45, 7) is 1.92. The zero-order valence-corrected chi connectivity index (χ0v) is 6.73. The molecule has 0 bridgehead atoms. The molecule has 11 heavy (non-hydrogen) atoms. The molecule has 1 heterocycles. The first-order valence-electron chi connectivity index (χ1n) is 3.63. The van der Waals surface area contributed by atoms with E-state index in [1.165, 1.54) is 4.80 Å². The van der Waals surface area contributed by atoms with Gasteiger partial charge in [0.2, 0.25) is 0 Å². The van der Waals surface area contributed by atoms with Gasteiger partial charge in [0.1, 0.15) is 0 Å². The Bertz CT molecular complexity index is 222. The smallest absolute Gasteiger partial charge is 0.177 e. The second kappa shape index (κ2) is 3.43. The van der Waals surface area contributed by atoms with Gasteiger partial charge in [-0.25, -0.2) is 0 Å². The van der Waals surface area contributed by atoms with E-state index in [1.807, 2.05) is 6.92 Å². The number of aryl methyl sites for hydroxylation is 1. The van der Waals surface area contributed by atoms with E-state index < -0.39 is 0 Å². The number of aliphatic hydroxyl groups excluding tert-OH is 1. The normalized spacial score (nSPS) is 13.4. The number of rotatable bonds is 3. The first kappa shape index (κ1) is 8.13. The minimum Gasteiger partial charge on any atom is -0.393 e. The van der Waals surface area contributed by atoms with Gasteiger partial charge in [0.15, 0.2) is 5.82 Å². The van der Waals surface area contributed by atoms with Crippen LogP contribution in [0.4, 0.5) is 0 Å². The Hall–Kier alpha value is -0.970. The van der Waals surface area contributed by atoms with Gasteiger partial charge in [0.25, 0.3) is 0 Å². The Labute approximate surface area is 65.0 Å². The van der Waals surface area contributed by atoms with Gasteiger partial charge in [-0.05, 0) is 11.6 Å². The first-order valence-corrected chi connectivity index (χ1v) is 3.63. The van der Waals surface area contributed by atoms with Crippen molar-refractivity contribution in [1.82, 2.24) is 20.2 Å². The summed E-state index contributed by atoms with van der Waals surface area (Å²) >= 11 is 0. The molecule has 0 aliphatic heterocycles. The third kappa shape index (κ3) is 2.27. The van der Waals surface area contributed by atoms with Crippen molar-refractivity contribution >= 4 is 0 Å². The maximum atomic E-state index is 9.20. The lowest BCUT2D eigenvalue weighted by Crippen LogP contribution is -2.09. The molecule has 1 N–H and O–H groups in total. The molecular formula is C6H12N4O. The van der Waals surface area contributed by atoms with Crippen LogP contribution in [-0.4, -0.2) is 31.4 Å². The third-order valence-electron chi connectivity index (χ3n) is 1.44. The van der Waals surface area contributed by atoms with Crippen LogP contribution in [0.1, 0.15) is 19.2 Å². The predicted octanol–water partition coefficient (Wildman–Crippen LogP) is -0.477. The third-order valence-corrected chi connectivity index (χ3v) is 1.44. The molecule has 1 atom stereocenters. The van der Waals surface area contributed by atoms with Crippen molar-refractivity contribution in [2.75, 3.05) is 0 Å². The molecule has 1 rings (SSSR count). The fourth-order valence-corrected chi connectivity index (χ4v) is 0.760. The molecule has 1 aromatic heterocycles. The summed E-state index contributed by atoms with van der Waals surface area (Å²) in [5, 5.41) is 20.5. The molecular weight excluding hydrogens is 144 g/mol. The van der Waals surface area contributed by atoms with Crippen LogP contribution in [0.15, 0.2) is 0 Å². The maximum absolute atomic E-state index is 9.20. The quantitative estimate of drug-likeness (QED) is 0.642. The molecule has 0 aromatic carbocycles. The summed E-state index contributed by atoms with van der Waals surface area (Å²) in [6, 6.07) is 0. The van der Waals surface area contributed by atoms with Crippen LogP contribution in [0, 0.1) is 0 Å². The van der Waals surface area contributed by atoms with Crippen molar-refractivity contribution in [3.05, 3.63) is 5.82 Å². The van der Waals surface area contributed by atoms with Gasteiger partial charge in [-0.2, -0.15) is 4.80 Å². The van der Waals surface area contributed by atoms with E-state index in [2.05, 4.69) is 15.4 Å². The summed E-state index contributed by atoms with van der Waals surface area (Å²) in [4.78, 5) is 1.39. The minimum absolute atomic E-state index is 0.348. The Kier molecular flexibility index (Phi) is 2.53. The molecule has 0 radical (unpaired) electrons. The molecule has 5 nitrogen and oxygen atoms in total. The highest BCUT2D eigenvalue weighted by atomic mass is 16.3. The van der Waals surface area contributed by atoms with Crippen molar-refractivity contribution in [2.24, 2.45) is 7.05 Å². The van der Waals surface area contributed by atoms with Gasteiger partial charge in [-0.15, -0.1) is 10.2 Å². The van der Waals surface area contributed by atoms with Gasteiger partial charge < -0.3 is 5.11 Å². The maximum Gasteiger partial charge on any atom is 0.177 e. The fraction of sp³-hybridized carbons (Fsp3) is 0.833. The Morgan fingerprint density at radius 1 is 1.64 bits per heavy atom. The molecule has 0 aliphatic rings. The molecule has 0 amide bonds. The van der Waals surface area contributed by atoms with Gasteiger partial charge in [-0.3, -0.25) is 0 Å². The standard InChI is InChI=1S/C6H12N4O/c1-3-5(11)4-6-7-9-10(2)8-6/h5,11H,3-4H2,1-2H3. The highest BCUT2D eigenvalue weighted by Crippen LogP contribution is 1.97. The molecule has 0 fully saturated rings. The number of hydrogen-bond acceptors (Lipinski definition) is 4. The van der Waals surface area contributed by atoms with E-state index in [0.717, 1.165) is 6.42 Å². The summed E-state index contributed by atoms with van der Waals surface area (Å²) < 4.78 is 0. The molecule has 0 aliphatic carbocycles. The second-order valence-corrected chi connectivity index (χ2v) is 2.46. The van der Waals surface area contributed by atoms with E-state index in [1.54, 1.807) is 7.05 Å². The Morgan fingerprint density at radius 3 is 2.82 bits per heavy atom. The minimum atomic E-state index is -0.348. The monoisotopic (exact) mass is 156 g/mol. The number of nitrogens with zero attached hydrogens (tertiary/aromatic N) is 4. The van der Waals surface area contributed by atoms with E-state index in [4.69, 9.17) is 0 Å². The molecule has 0 saturated carbocycles. The number of hydrogen-bond donors (Lipinski definition) is 1. The van der Waals surface area contributed by atoms with Crippen molar-refractivity contribution in [3.8, 4) is 0 Å². The Morgan fingerprint density at radius 2 is 2.36 bits per heavy atom.